The Kier molecular flexibility index (Phi) is 5.16. The number of hydrogen-bond acceptors (Lipinski definition) is 2. The number of nitrogens with zero attached hydrogens (tertiary/aromatic N) is 1. The van der Waals surface area contributed by atoms with Crippen LogP contribution in [0.3, 0.4) is 0 Å². The van der Waals surface area contributed by atoms with E-state index in [0.29, 0.717) is 6.61 Å². The van der Waals surface area contributed by atoms with Gasteiger partial charge in [-0.2, -0.15) is 0 Å². The highest BCUT2D eigenvalue weighted by molar-refractivity contribution is 9.11. The molecule has 0 radical (unpaired) electrons. The summed E-state index contributed by atoms with van der Waals surface area (Å²) in [5, 5.41) is 0. The molecule has 0 aliphatic heterocycles. The second kappa shape index (κ2) is 6.87. The standard InChI is InChI=1S/C15H13Br2NO/c1-2-19-15-11(8-12(16)9-14(15)17)10-18-13-6-4-3-5-7-13/h3-10H,2H2,1H3. The number of aliphatic imine (C=N–C) groups is 1. The van der Waals surface area contributed by atoms with Gasteiger partial charge in [0.15, 0.2) is 0 Å². The first-order valence-electron chi connectivity index (χ1n) is 5.91. The Balaban J connectivity index is 2.36. The molecule has 0 bridgehead atoms. The summed E-state index contributed by atoms with van der Waals surface area (Å²) in [6, 6.07) is 13.8. The summed E-state index contributed by atoms with van der Waals surface area (Å²) in [4.78, 5) is 4.45. The van der Waals surface area contributed by atoms with Gasteiger partial charge in [-0.05, 0) is 47.1 Å². The molecule has 0 saturated heterocycles. The van der Waals surface area contributed by atoms with E-state index in [4.69, 9.17) is 4.74 Å². The van der Waals surface area contributed by atoms with Gasteiger partial charge in [0.05, 0.1) is 16.8 Å². The van der Waals surface area contributed by atoms with Gasteiger partial charge in [0, 0.05) is 16.3 Å². The van der Waals surface area contributed by atoms with Crippen molar-refractivity contribution < 1.29 is 4.74 Å². The molecule has 19 heavy (non-hydrogen) atoms. The lowest BCUT2D eigenvalue weighted by Crippen LogP contribution is -1.97. The molecule has 2 nitrogen and oxygen atoms in total. The SMILES string of the molecule is CCOc1c(Br)cc(Br)cc1C=Nc1ccccc1. The first-order chi connectivity index (χ1) is 9.20. The van der Waals surface area contributed by atoms with Crippen LogP contribution in [-0.2, 0) is 0 Å². The van der Waals surface area contributed by atoms with E-state index in [9.17, 15) is 0 Å². The van der Waals surface area contributed by atoms with Crippen LogP contribution in [0, 0.1) is 0 Å². The molecule has 0 heterocycles. The van der Waals surface area contributed by atoms with Crippen molar-refractivity contribution in [2.75, 3.05) is 6.61 Å². The van der Waals surface area contributed by atoms with Crippen molar-refractivity contribution in [1.29, 1.82) is 0 Å². The maximum atomic E-state index is 5.65. The fourth-order valence-electron chi connectivity index (χ4n) is 1.63. The molecule has 0 atom stereocenters. The van der Waals surface area contributed by atoms with Crippen molar-refractivity contribution in [2.45, 2.75) is 6.92 Å². The molecule has 0 amide bonds. The topological polar surface area (TPSA) is 21.6 Å². The first kappa shape index (κ1) is 14.3. The number of hydrogen-bond donors (Lipinski definition) is 0. The molecule has 2 aromatic carbocycles. The van der Waals surface area contributed by atoms with Crippen molar-refractivity contribution in [3.05, 3.63) is 57.0 Å². The van der Waals surface area contributed by atoms with Gasteiger partial charge in [-0.25, -0.2) is 0 Å². The van der Waals surface area contributed by atoms with E-state index in [1.807, 2.05) is 55.6 Å². The summed E-state index contributed by atoms with van der Waals surface area (Å²) in [7, 11) is 0. The van der Waals surface area contributed by atoms with Gasteiger partial charge in [-0.15, -0.1) is 0 Å². The molecule has 98 valence electrons. The Morgan fingerprint density at radius 3 is 2.58 bits per heavy atom. The predicted octanol–water partition coefficient (Wildman–Crippen LogP) is 5.36. The van der Waals surface area contributed by atoms with Gasteiger partial charge in [0.25, 0.3) is 0 Å². The van der Waals surface area contributed by atoms with Crippen LogP contribution in [-0.4, -0.2) is 12.8 Å². The highest BCUT2D eigenvalue weighted by Gasteiger charge is 2.08. The zero-order chi connectivity index (χ0) is 13.7. The highest BCUT2D eigenvalue weighted by Crippen LogP contribution is 2.32. The predicted molar refractivity (Wildman–Crippen MR) is 86.7 cm³/mol. The third kappa shape index (κ3) is 3.91. The Hall–Kier alpha value is -1.13. The lowest BCUT2D eigenvalue weighted by atomic mass is 10.2. The monoisotopic (exact) mass is 381 g/mol. The molecule has 0 spiro atoms. The van der Waals surface area contributed by atoms with Crippen LogP contribution in [0.4, 0.5) is 5.69 Å². The molecule has 0 fully saturated rings. The van der Waals surface area contributed by atoms with Crippen LogP contribution in [0.15, 0.2) is 56.4 Å². The van der Waals surface area contributed by atoms with Crippen LogP contribution in [0.1, 0.15) is 12.5 Å². The number of halogens is 2. The van der Waals surface area contributed by atoms with Crippen LogP contribution >= 0.6 is 31.9 Å². The Morgan fingerprint density at radius 2 is 1.89 bits per heavy atom. The van der Waals surface area contributed by atoms with Crippen LogP contribution in [0.25, 0.3) is 0 Å². The fourth-order valence-corrected chi connectivity index (χ4v) is 3.00. The number of benzene rings is 2. The summed E-state index contributed by atoms with van der Waals surface area (Å²) in [5.74, 6) is 0.811. The number of para-hydroxylation sites is 1. The Bertz CT molecular complexity index is 582. The molecule has 2 rings (SSSR count). The van der Waals surface area contributed by atoms with Crippen molar-refractivity contribution in [3.63, 3.8) is 0 Å². The summed E-state index contributed by atoms with van der Waals surface area (Å²) in [6.07, 6.45) is 1.82. The highest BCUT2D eigenvalue weighted by atomic mass is 79.9. The molecule has 0 N–H and O–H groups in total. The maximum Gasteiger partial charge on any atom is 0.142 e. The van der Waals surface area contributed by atoms with Crippen LogP contribution < -0.4 is 4.74 Å². The van der Waals surface area contributed by atoms with E-state index in [-0.39, 0.29) is 0 Å². The molecule has 0 unspecified atom stereocenters. The third-order valence-corrected chi connectivity index (χ3v) is 3.48. The fraction of sp³-hybridized carbons (Fsp3) is 0.133. The summed E-state index contributed by atoms with van der Waals surface area (Å²) >= 11 is 6.99. The molecular weight excluding hydrogens is 370 g/mol. The van der Waals surface area contributed by atoms with Gasteiger partial charge in [0.2, 0.25) is 0 Å². The quantitative estimate of drug-likeness (QED) is 0.652. The zero-order valence-corrected chi connectivity index (χ0v) is 13.6. The smallest absolute Gasteiger partial charge is 0.142 e. The molecule has 2 aromatic rings. The minimum atomic E-state index is 0.617. The largest absolute Gasteiger partial charge is 0.492 e. The van der Waals surface area contributed by atoms with E-state index in [1.165, 1.54) is 0 Å². The van der Waals surface area contributed by atoms with Crippen molar-refractivity contribution in [1.82, 2.24) is 0 Å². The number of ether oxygens (including phenoxy) is 1. The van der Waals surface area contributed by atoms with Crippen LogP contribution in [0.5, 0.6) is 5.75 Å². The minimum absolute atomic E-state index is 0.617. The first-order valence-corrected chi connectivity index (χ1v) is 7.50. The molecule has 0 aromatic heterocycles. The second-order valence-corrected chi connectivity index (χ2v) is 5.60. The molecular formula is C15H13Br2NO. The van der Waals surface area contributed by atoms with Crippen molar-refractivity contribution in [2.24, 2.45) is 4.99 Å². The normalized spacial score (nSPS) is 10.9. The summed E-state index contributed by atoms with van der Waals surface area (Å²) in [6.45, 7) is 2.58. The minimum Gasteiger partial charge on any atom is -0.492 e. The van der Waals surface area contributed by atoms with Gasteiger partial charge in [-0.3, -0.25) is 4.99 Å². The van der Waals surface area contributed by atoms with E-state index in [1.54, 1.807) is 0 Å². The molecule has 0 aliphatic rings. The van der Waals surface area contributed by atoms with Gasteiger partial charge >= 0.3 is 0 Å². The molecule has 0 saturated carbocycles. The van der Waals surface area contributed by atoms with Gasteiger partial charge in [-0.1, -0.05) is 34.1 Å². The lowest BCUT2D eigenvalue weighted by Gasteiger charge is -2.10. The van der Waals surface area contributed by atoms with Gasteiger partial charge in [0.1, 0.15) is 5.75 Å². The zero-order valence-electron chi connectivity index (χ0n) is 10.4. The van der Waals surface area contributed by atoms with E-state index in [0.717, 1.165) is 25.9 Å². The average molecular weight is 383 g/mol. The van der Waals surface area contributed by atoms with Gasteiger partial charge < -0.3 is 4.74 Å². The van der Waals surface area contributed by atoms with Crippen molar-refractivity contribution in [3.8, 4) is 5.75 Å². The van der Waals surface area contributed by atoms with E-state index < -0.39 is 0 Å². The van der Waals surface area contributed by atoms with Crippen LogP contribution in [0.2, 0.25) is 0 Å². The molecule has 0 aliphatic carbocycles. The average Bonchev–Trinajstić information content (AvgIpc) is 2.41. The summed E-state index contributed by atoms with van der Waals surface area (Å²) < 4.78 is 7.55. The van der Waals surface area contributed by atoms with E-state index >= 15 is 0 Å². The lowest BCUT2D eigenvalue weighted by molar-refractivity contribution is 0.337. The van der Waals surface area contributed by atoms with E-state index in [2.05, 4.69) is 36.9 Å². The number of rotatable bonds is 4. The molecule has 4 heteroatoms. The maximum absolute atomic E-state index is 5.65. The summed E-state index contributed by atoms with van der Waals surface area (Å²) in [5.41, 5.74) is 1.85. The Morgan fingerprint density at radius 1 is 1.16 bits per heavy atom. The third-order valence-electron chi connectivity index (χ3n) is 2.43. The second-order valence-electron chi connectivity index (χ2n) is 3.83. The Labute approximate surface area is 129 Å². The van der Waals surface area contributed by atoms with Crippen molar-refractivity contribution >= 4 is 43.8 Å².